The zero-order chi connectivity index (χ0) is 16.8. The molecule has 0 aromatic carbocycles. The zero-order valence-corrected chi connectivity index (χ0v) is 12.5. The van der Waals surface area contributed by atoms with Crippen molar-refractivity contribution in [2.24, 2.45) is 0 Å². The molecule has 0 aliphatic carbocycles. The lowest BCUT2D eigenvalue weighted by molar-refractivity contribution is -0.110. The molecule has 4 N–H and O–H groups in total. The lowest BCUT2D eigenvalue weighted by atomic mass is 9.80. The van der Waals surface area contributed by atoms with Crippen LogP contribution in [-0.2, 0) is 15.1 Å². The first kappa shape index (κ1) is 15.6. The molecule has 1 saturated heterocycles. The van der Waals surface area contributed by atoms with E-state index in [0.29, 0.717) is 0 Å². The van der Waals surface area contributed by atoms with Crippen molar-refractivity contribution < 1.29 is 19.7 Å². The van der Waals surface area contributed by atoms with Crippen LogP contribution in [0.5, 0.6) is 0 Å². The van der Waals surface area contributed by atoms with Gasteiger partial charge in [-0.15, -0.1) is 0 Å². The maximum absolute atomic E-state index is 10.8. The lowest BCUT2D eigenvalue weighted by Crippen LogP contribution is -2.52. The highest BCUT2D eigenvalue weighted by Gasteiger charge is 2.65. The Hall–Kier alpha value is -2.32. The van der Waals surface area contributed by atoms with Gasteiger partial charge >= 0.3 is 0 Å². The molecular formula is C13H16N6O4. The molecule has 0 radical (unpaired) electrons. The molecule has 1 aliphatic heterocycles. The number of aliphatic hydroxyl groups excluding tert-OH is 1. The SMILES string of the molecule is COC[C@H]1O[C@@](C#N)(c2cnc3c(N)ncnn23)[C@](C)(O)[C@@H]1O. The fourth-order valence-corrected chi connectivity index (χ4v) is 2.86. The van der Waals surface area contributed by atoms with Crippen molar-refractivity contribution >= 4 is 11.5 Å². The maximum Gasteiger partial charge on any atom is 0.229 e. The van der Waals surface area contributed by atoms with Gasteiger partial charge in [0.1, 0.15) is 35.9 Å². The number of hydrogen-bond donors (Lipinski definition) is 3. The van der Waals surface area contributed by atoms with Gasteiger partial charge in [-0.3, -0.25) is 0 Å². The number of fused-ring (bicyclic) bond motifs is 1. The number of aliphatic hydroxyl groups is 2. The predicted molar refractivity (Wildman–Crippen MR) is 75.9 cm³/mol. The topological polar surface area (TPSA) is 152 Å². The number of anilines is 1. The van der Waals surface area contributed by atoms with Crippen LogP contribution in [0.15, 0.2) is 12.5 Å². The number of aromatic nitrogens is 4. The first-order chi connectivity index (χ1) is 10.9. The third-order valence-electron chi connectivity index (χ3n) is 4.15. The van der Waals surface area contributed by atoms with Gasteiger partial charge in [-0.2, -0.15) is 10.4 Å². The summed E-state index contributed by atoms with van der Waals surface area (Å²) in [5.41, 5.74) is 2.29. The third kappa shape index (κ3) is 1.91. The van der Waals surface area contributed by atoms with E-state index in [1.165, 1.54) is 31.1 Å². The normalized spacial score (nSPS) is 33.9. The number of ether oxygens (including phenoxy) is 2. The van der Waals surface area contributed by atoms with Crippen LogP contribution in [-0.4, -0.2) is 61.3 Å². The molecule has 3 rings (SSSR count). The van der Waals surface area contributed by atoms with Crippen molar-refractivity contribution in [1.82, 2.24) is 19.6 Å². The Labute approximate surface area is 131 Å². The lowest BCUT2D eigenvalue weighted by Gasteiger charge is -2.32. The summed E-state index contributed by atoms with van der Waals surface area (Å²) in [7, 11) is 1.43. The van der Waals surface area contributed by atoms with Gasteiger partial charge < -0.3 is 25.4 Å². The van der Waals surface area contributed by atoms with Crippen molar-refractivity contribution in [3.8, 4) is 6.07 Å². The van der Waals surface area contributed by atoms with Crippen LogP contribution in [0.3, 0.4) is 0 Å². The minimum atomic E-state index is -1.92. The van der Waals surface area contributed by atoms with Crippen molar-refractivity contribution in [1.29, 1.82) is 5.26 Å². The summed E-state index contributed by atoms with van der Waals surface area (Å²) in [5, 5.41) is 34.9. The molecule has 10 heteroatoms. The highest BCUT2D eigenvalue weighted by molar-refractivity contribution is 5.59. The second-order valence-electron chi connectivity index (χ2n) is 5.52. The Bertz CT molecular complexity index is 784. The fourth-order valence-electron chi connectivity index (χ4n) is 2.86. The minimum absolute atomic E-state index is 0.00854. The van der Waals surface area contributed by atoms with Crippen LogP contribution in [0, 0.1) is 11.3 Å². The van der Waals surface area contributed by atoms with E-state index in [4.69, 9.17) is 15.2 Å². The molecule has 1 fully saturated rings. The van der Waals surface area contributed by atoms with E-state index < -0.39 is 23.4 Å². The summed E-state index contributed by atoms with van der Waals surface area (Å²) >= 11 is 0. The van der Waals surface area contributed by atoms with Gasteiger partial charge in [0, 0.05) is 7.11 Å². The van der Waals surface area contributed by atoms with Crippen LogP contribution >= 0.6 is 0 Å². The average molecular weight is 320 g/mol. The van der Waals surface area contributed by atoms with E-state index in [1.54, 1.807) is 0 Å². The van der Waals surface area contributed by atoms with Crippen molar-refractivity contribution in [3.63, 3.8) is 0 Å². The molecule has 0 spiro atoms. The molecule has 10 nitrogen and oxygen atoms in total. The molecule has 122 valence electrons. The van der Waals surface area contributed by atoms with Gasteiger partial charge in [0.05, 0.1) is 12.8 Å². The first-order valence-electron chi connectivity index (χ1n) is 6.82. The van der Waals surface area contributed by atoms with Crippen molar-refractivity contribution in [2.75, 3.05) is 19.5 Å². The molecule has 2 aromatic heterocycles. The van der Waals surface area contributed by atoms with E-state index in [9.17, 15) is 15.5 Å². The number of nitrogens with two attached hydrogens (primary N) is 1. The Morgan fingerprint density at radius 1 is 1.57 bits per heavy atom. The van der Waals surface area contributed by atoms with Crippen molar-refractivity contribution in [2.45, 2.75) is 30.3 Å². The van der Waals surface area contributed by atoms with Crippen molar-refractivity contribution in [3.05, 3.63) is 18.2 Å². The predicted octanol–water partition coefficient (Wildman–Crippen LogP) is -1.42. The second kappa shape index (κ2) is 5.10. The summed E-state index contributed by atoms with van der Waals surface area (Å²) in [6, 6.07) is 1.95. The number of nitriles is 1. The minimum Gasteiger partial charge on any atom is -0.387 e. The summed E-state index contributed by atoms with van der Waals surface area (Å²) in [5.74, 6) is 0.117. The molecule has 0 unspecified atom stereocenters. The van der Waals surface area contributed by atoms with Crippen LogP contribution < -0.4 is 5.73 Å². The van der Waals surface area contributed by atoms with Gasteiger partial charge in [0.25, 0.3) is 0 Å². The Balaban J connectivity index is 2.21. The molecule has 1 aliphatic rings. The largest absolute Gasteiger partial charge is 0.387 e. The molecule has 23 heavy (non-hydrogen) atoms. The number of nitrogen functional groups attached to an aromatic ring is 1. The zero-order valence-electron chi connectivity index (χ0n) is 12.5. The first-order valence-corrected chi connectivity index (χ1v) is 6.82. The Morgan fingerprint density at radius 2 is 2.30 bits per heavy atom. The fraction of sp³-hybridized carbons (Fsp3) is 0.538. The summed E-state index contributed by atoms with van der Waals surface area (Å²) in [6.07, 6.45) is 0.289. The van der Waals surface area contributed by atoms with Crippen LogP contribution in [0.4, 0.5) is 5.82 Å². The molecule has 0 saturated carbocycles. The number of imidazole rings is 1. The van der Waals surface area contributed by atoms with E-state index in [0.717, 1.165) is 0 Å². The van der Waals surface area contributed by atoms with Crippen LogP contribution in [0.25, 0.3) is 5.65 Å². The monoisotopic (exact) mass is 320 g/mol. The molecule has 0 amide bonds. The summed E-state index contributed by atoms with van der Waals surface area (Å²) < 4.78 is 12.0. The highest BCUT2D eigenvalue weighted by atomic mass is 16.6. The van der Waals surface area contributed by atoms with Gasteiger partial charge in [-0.05, 0) is 6.92 Å². The smallest absolute Gasteiger partial charge is 0.229 e. The molecule has 2 aromatic rings. The standard InChI is InChI=1S/C13H16N6O4/c1-12(21)9(20)7(4-22-2)23-13(12,5-14)8-3-16-11-10(15)17-6-18-19(8)11/h3,6-7,9,20-21H,4H2,1-2H3,(H2,15,17,18)/t7-,9-,12-,13+/m1/s1. The third-order valence-corrected chi connectivity index (χ3v) is 4.15. The molecule has 4 atom stereocenters. The van der Waals surface area contributed by atoms with E-state index in [2.05, 4.69) is 15.1 Å². The van der Waals surface area contributed by atoms with E-state index in [-0.39, 0.29) is 23.8 Å². The summed E-state index contributed by atoms with van der Waals surface area (Å²) in [4.78, 5) is 7.89. The van der Waals surface area contributed by atoms with Gasteiger partial charge in [-0.1, -0.05) is 0 Å². The highest BCUT2D eigenvalue weighted by Crippen LogP contribution is 2.46. The molecule has 3 heterocycles. The van der Waals surface area contributed by atoms with Gasteiger partial charge in [0.15, 0.2) is 11.5 Å². The molecule has 0 bridgehead atoms. The van der Waals surface area contributed by atoms with Gasteiger partial charge in [-0.25, -0.2) is 14.5 Å². The Morgan fingerprint density at radius 3 is 2.96 bits per heavy atom. The molecular weight excluding hydrogens is 304 g/mol. The number of hydrogen-bond acceptors (Lipinski definition) is 9. The van der Waals surface area contributed by atoms with Gasteiger partial charge in [0.2, 0.25) is 5.60 Å². The Kier molecular flexibility index (Phi) is 3.46. The number of nitrogens with zero attached hydrogens (tertiary/aromatic N) is 5. The maximum atomic E-state index is 10.8. The van der Waals surface area contributed by atoms with Crippen LogP contribution in [0.1, 0.15) is 12.6 Å². The quantitative estimate of drug-likeness (QED) is 0.618. The summed E-state index contributed by atoms with van der Waals surface area (Å²) in [6.45, 7) is 1.33. The number of rotatable bonds is 3. The average Bonchev–Trinajstić information content (AvgIpc) is 3.03. The number of methoxy groups -OCH3 is 1. The second-order valence-corrected chi connectivity index (χ2v) is 5.52. The van der Waals surface area contributed by atoms with E-state index >= 15 is 0 Å². The van der Waals surface area contributed by atoms with E-state index in [1.807, 2.05) is 6.07 Å². The van der Waals surface area contributed by atoms with Crippen LogP contribution in [0.2, 0.25) is 0 Å².